The van der Waals surface area contributed by atoms with Gasteiger partial charge in [0.15, 0.2) is 0 Å². The summed E-state index contributed by atoms with van der Waals surface area (Å²) in [5.74, 6) is 1.22. The lowest BCUT2D eigenvalue weighted by molar-refractivity contribution is 0.174. The molecule has 2 rings (SSSR count). The molecule has 2 amide bonds. The van der Waals surface area contributed by atoms with E-state index < -0.39 is 0 Å². The normalized spacial score (nSPS) is 21.2. The van der Waals surface area contributed by atoms with E-state index in [2.05, 4.69) is 10.6 Å². The molecule has 0 unspecified atom stereocenters. The number of benzene rings is 1. The Bertz CT molecular complexity index is 453. The summed E-state index contributed by atoms with van der Waals surface area (Å²) in [5.41, 5.74) is 1.20. The van der Waals surface area contributed by atoms with Gasteiger partial charge in [-0.2, -0.15) is 0 Å². The number of ether oxygens (including phenoxy) is 1. The zero-order valence-corrected chi connectivity index (χ0v) is 13.2. The minimum absolute atomic E-state index is 0.139. The number of aliphatic hydroxyl groups excluding tert-OH is 1. The summed E-state index contributed by atoms with van der Waals surface area (Å²) in [6.07, 6.45) is 3.85. The Morgan fingerprint density at radius 1 is 1.23 bits per heavy atom. The maximum absolute atomic E-state index is 11.8. The quantitative estimate of drug-likeness (QED) is 0.706. The lowest BCUT2D eigenvalue weighted by Gasteiger charge is -2.27. The van der Waals surface area contributed by atoms with Crippen LogP contribution in [-0.4, -0.2) is 36.9 Å². The summed E-state index contributed by atoms with van der Waals surface area (Å²) in [6.45, 7) is 3.22. The lowest BCUT2D eigenvalue weighted by Crippen LogP contribution is -2.44. The third-order valence-electron chi connectivity index (χ3n) is 4.12. The molecule has 1 saturated carbocycles. The molecule has 5 nitrogen and oxygen atoms in total. The highest BCUT2D eigenvalue weighted by molar-refractivity contribution is 5.74. The molecule has 0 saturated heterocycles. The van der Waals surface area contributed by atoms with Gasteiger partial charge in [-0.05, 0) is 50.7 Å². The molecular formula is C17H26N2O3. The molecule has 0 atom stereocenters. The maximum atomic E-state index is 11.8. The fourth-order valence-corrected chi connectivity index (χ4v) is 2.69. The van der Waals surface area contributed by atoms with Crippen LogP contribution in [0.2, 0.25) is 0 Å². The molecule has 1 aliphatic rings. The van der Waals surface area contributed by atoms with Crippen molar-refractivity contribution < 1.29 is 14.6 Å². The van der Waals surface area contributed by atoms with Crippen molar-refractivity contribution in [3.8, 4) is 5.75 Å². The molecule has 1 fully saturated rings. The molecule has 22 heavy (non-hydrogen) atoms. The first-order valence-corrected chi connectivity index (χ1v) is 8.02. The van der Waals surface area contributed by atoms with Crippen molar-refractivity contribution in [2.75, 3.05) is 19.8 Å². The van der Waals surface area contributed by atoms with Crippen molar-refractivity contribution in [3.63, 3.8) is 0 Å². The third-order valence-corrected chi connectivity index (χ3v) is 4.12. The molecule has 1 aromatic carbocycles. The number of nitrogens with one attached hydrogen (secondary N) is 2. The van der Waals surface area contributed by atoms with Crippen LogP contribution in [0.1, 0.15) is 31.2 Å². The van der Waals surface area contributed by atoms with E-state index in [4.69, 9.17) is 9.84 Å². The van der Waals surface area contributed by atoms with Gasteiger partial charge in [0.05, 0.1) is 6.54 Å². The van der Waals surface area contributed by atoms with Gasteiger partial charge in [0, 0.05) is 12.6 Å². The molecule has 1 aliphatic carbocycles. The number of amides is 2. The monoisotopic (exact) mass is 306 g/mol. The summed E-state index contributed by atoms with van der Waals surface area (Å²) in [6, 6.07) is 7.93. The van der Waals surface area contributed by atoms with Crippen LogP contribution in [0, 0.1) is 12.8 Å². The predicted octanol–water partition coefficient (Wildman–Crippen LogP) is 2.22. The van der Waals surface area contributed by atoms with Crippen LogP contribution in [0.15, 0.2) is 24.3 Å². The Morgan fingerprint density at radius 3 is 2.55 bits per heavy atom. The van der Waals surface area contributed by atoms with Gasteiger partial charge in [-0.25, -0.2) is 4.79 Å². The van der Waals surface area contributed by atoms with E-state index in [9.17, 15) is 4.79 Å². The first kappa shape index (κ1) is 16.6. The van der Waals surface area contributed by atoms with E-state index in [-0.39, 0.29) is 18.7 Å². The van der Waals surface area contributed by atoms with Gasteiger partial charge in [-0.1, -0.05) is 17.7 Å². The second-order valence-electron chi connectivity index (χ2n) is 5.96. The van der Waals surface area contributed by atoms with E-state index in [1.165, 1.54) is 5.56 Å². The smallest absolute Gasteiger partial charge is 0.315 e. The highest BCUT2D eigenvalue weighted by Gasteiger charge is 2.21. The Hall–Kier alpha value is -1.75. The Labute approximate surface area is 132 Å². The van der Waals surface area contributed by atoms with Gasteiger partial charge in [-0.3, -0.25) is 0 Å². The number of carbonyl (C=O) groups excluding carboxylic acids is 1. The fourth-order valence-electron chi connectivity index (χ4n) is 2.69. The number of aryl methyl sites for hydroxylation is 1. The van der Waals surface area contributed by atoms with E-state index in [1.54, 1.807) is 0 Å². The number of carbonyl (C=O) groups is 1. The first-order chi connectivity index (χ1) is 10.7. The molecule has 5 heteroatoms. The molecule has 0 aromatic heterocycles. The van der Waals surface area contributed by atoms with Crippen LogP contribution < -0.4 is 15.4 Å². The van der Waals surface area contributed by atoms with E-state index >= 15 is 0 Å². The summed E-state index contributed by atoms with van der Waals surface area (Å²) in [4.78, 5) is 11.8. The van der Waals surface area contributed by atoms with Crippen molar-refractivity contribution in [3.05, 3.63) is 29.8 Å². The number of urea groups is 1. The topological polar surface area (TPSA) is 70.6 Å². The van der Waals surface area contributed by atoms with Crippen molar-refractivity contribution in [2.45, 2.75) is 38.6 Å². The van der Waals surface area contributed by atoms with Crippen LogP contribution in [0.25, 0.3) is 0 Å². The molecule has 1 aromatic rings. The first-order valence-electron chi connectivity index (χ1n) is 8.02. The van der Waals surface area contributed by atoms with Gasteiger partial charge in [0.2, 0.25) is 0 Å². The van der Waals surface area contributed by atoms with Crippen LogP contribution >= 0.6 is 0 Å². The van der Waals surface area contributed by atoms with Gasteiger partial charge in [0.1, 0.15) is 12.4 Å². The van der Waals surface area contributed by atoms with Gasteiger partial charge >= 0.3 is 6.03 Å². The molecule has 3 N–H and O–H groups in total. The van der Waals surface area contributed by atoms with Crippen LogP contribution in [0.3, 0.4) is 0 Å². The summed E-state index contributed by atoms with van der Waals surface area (Å²) >= 11 is 0. The maximum Gasteiger partial charge on any atom is 0.315 e. The molecule has 0 bridgehead atoms. The highest BCUT2D eigenvalue weighted by Crippen LogP contribution is 2.23. The highest BCUT2D eigenvalue weighted by atomic mass is 16.5. The molecule has 0 spiro atoms. The second-order valence-corrected chi connectivity index (χ2v) is 5.96. The van der Waals surface area contributed by atoms with E-state index in [1.807, 2.05) is 31.2 Å². The third kappa shape index (κ3) is 5.56. The van der Waals surface area contributed by atoms with Crippen molar-refractivity contribution >= 4 is 6.03 Å². The fraction of sp³-hybridized carbons (Fsp3) is 0.588. The van der Waals surface area contributed by atoms with Crippen molar-refractivity contribution in [2.24, 2.45) is 5.92 Å². The Balaban J connectivity index is 1.57. The molecular weight excluding hydrogens is 280 g/mol. The second kappa shape index (κ2) is 8.63. The molecule has 0 heterocycles. The number of aliphatic hydroxyl groups is 1. The lowest BCUT2D eigenvalue weighted by atomic mass is 9.87. The molecule has 122 valence electrons. The molecule has 0 aliphatic heterocycles. The summed E-state index contributed by atoms with van der Waals surface area (Å²) < 4.78 is 5.56. The molecule has 0 radical (unpaired) electrons. The van der Waals surface area contributed by atoms with Gasteiger partial charge in [0.25, 0.3) is 0 Å². The van der Waals surface area contributed by atoms with Gasteiger partial charge in [-0.15, -0.1) is 0 Å². The minimum atomic E-state index is -0.139. The van der Waals surface area contributed by atoms with Crippen LogP contribution in [-0.2, 0) is 0 Å². The van der Waals surface area contributed by atoms with Crippen molar-refractivity contribution in [1.29, 1.82) is 0 Å². The zero-order chi connectivity index (χ0) is 15.8. The summed E-state index contributed by atoms with van der Waals surface area (Å²) in [7, 11) is 0. The number of hydrogen-bond donors (Lipinski definition) is 3. The van der Waals surface area contributed by atoms with E-state index in [0.29, 0.717) is 19.1 Å². The Kier molecular flexibility index (Phi) is 6.52. The number of hydrogen-bond acceptors (Lipinski definition) is 3. The zero-order valence-electron chi connectivity index (χ0n) is 13.2. The van der Waals surface area contributed by atoms with Crippen LogP contribution in [0.5, 0.6) is 5.75 Å². The largest absolute Gasteiger partial charge is 0.492 e. The van der Waals surface area contributed by atoms with Crippen LogP contribution in [0.4, 0.5) is 4.79 Å². The van der Waals surface area contributed by atoms with E-state index in [0.717, 1.165) is 31.4 Å². The summed E-state index contributed by atoms with van der Waals surface area (Å²) in [5, 5.41) is 14.9. The average Bonchev–Trinajstić information content (AvgIpc) is 2.54. The van der Waals surface area contributed by atoms with Gasteiger partial charge < -0.3 is 20.5 Å². The Morgan fingerprint density at radius 2 is 1.91 bits per heavy atom. The SMILES string of the molecule is Cc1ccc(OCCNC(=O)NC2CCC(CO)CC2)cc1. The average molecular weight is 306 g/mol. The minimum Gasteiger partial charge on any atom is -0.492 e. The van der Waals surface area contributed by atoms with Crippen molar-refractivity contribution in [1.82, 2.24) is 10.6 Å². The number of rotatable bonds is 6. The standard InChI is InChI=1S/C17H26N2O3/c1-13-2-8-16(9-3-13)22-11-10-18-17(21)19-15-6-4-14(12-20)5-7-15/h2-3,8-9,14-15,20H,4-7,10-12H2,1H3,(H2,18,19,21). The predicted molar refractivity (Wildman–Crippen MR) is 86.0 cm³/mol.